The summed E-state index contributed by atoms with van der Waals surface area (Å²) < 4.78 is 6.67. The van der Waals surface area contributed by atoms with Crippen LogP contribution in [0.3, 0.4) is 0 Å². The van der Waals surface area contributed by atoms with Crippen molar-refractivity contribution in [2.24, 2.45) is 0 Å². The molecule has 0 fully saturated rings. The summed E-state index contributed by atoms with van der Waals surface area (Å²) in [6.45, 7) is 0.227. The SMILES string of the molecule is N#Cc1ncn(Cc2noc(-c3ccsc3)n2)c1C#N. The molecule has 0 atom stereocenters. The Morgan fingerprint density at radius 1 is 1.35 bits per heavy atom. The summed E-state index contributed by atoms with van der Waals surface area (Å²) >= 11 is 1.54. The largest absolute Gasteiger partial charge is 0.334 e. The molecule has 0 saturated carbocycles. The normalized spacial score (nSPS) is 10.1. The van der Waals surface area contributed by atoms with E-state index in [1.165, 1.54) is 22.2 Å². The van der Waals surface area contributed by atoms with Crippen LogP contribution in [0.25, 0.3) is 11.5 Å². The quantitative estimate of drug-likeness (QED) is 0.725. The topological polar surface area (TPSA) is 104 Å². The number of hydrogen-bond donors (Lipinski definition) is 0. The second-order valence-corrected chi connectivity index (χ2v) is 4.60. The number of thiophene rings is 1. The van der Waals surface area contributed by atoms with Crippen molar-refractivity contribution >= 4 is 11.3 Å². The Bertz CT molecular complexity index is 817. The molecular formula is C12H6N6OS. The van der Waals surface area contributed by atoms with Crippen molar-refractivity contribution < 1.29 is 4.52 Å². The van der Waals surface area contributed by atoms with Gasteiger partial charge in [-0.15, -0.1) is 0 Å². The molecule has 7 nitrogen and oxygen atoms in total. The summed E-state index contributed by atoms with van der Waals surface area (Å²) in [5, 5.41) is 25.5. The van der Waals surface area contributed by atoms with Crippen molar-refractivity contribution in [2.75, 3.05) is 0 Å². The molecule has 0 amide bonds. The highest BCUT2D eigenvalue weighted by Crippen LogP contribution is 2.20. The van der Waals surface area contributed by atoms with Crippen molar-refractivity contribution in [1.82, 2.24) is 19.7 Å². The molecule has 0 aromatic carbocycles. The van der Waals surface area contributed by atoms with E-state index in [1.54, 1.807) is 0 Å². The van der Waals surface area contributed by atoms with Crippen LogP contribution in [0.1, 0.15) is 17.2 Å². The Kier molecular flexibility index (Phi) is 2.99. The van der Waals surface area contributed by atoms with Gasteiger partial charge in [-0.1, -0.05) is 5.16 Å². The molecule has 0 N–H and O–H groups in total. The average molecular weight is 282 g/mol. The lowest BCUT2D eigenvalue weighted by Crippen LogP contribution is -2.03. The standard InChI is InChI=1S/C12H6N6OS/c13-3-9-10(4-14)18(7-15-9)5-11-16-12(19-17-11)8-1-2-20-6-8/h1-2,6-7H,5H2. The maximum Gasteiger partial charge on any atom is 0.258 e. The Balaban J connectivity index is 1.88. The molecule has 0 saturated heterocycles. The fourth-order valence-corrected chi connectivity index (χ4v) is 2.30. The molecule has 3 aromatic rings. The lowest BCUT2D eigenvalue weighted by Gasteiger charge is -1.97. The van der Waals surface area contributed by atoms with E-state index in [4.69, 9.17) is 15.0 Å². The van der Waals surface area contributed by atoms with Gasteiger partial charge in [-0.05, 0) is 11.4 Å². The second-order valence-electron chi connectivity index (χ2n) is 3.82. The van der Waals surface area contributed by atoms with Gasteiger partial charge in [0.2, 0.25) is 0 Å². The summed E-state index contributed by atoms with van der Waals surface area (Å²) in [4.78, 5) is 8.10. The minimum atomic E-state index is 0.0917. The number of aromatic nitrogens is 4. The van der Waals surface area contributed by atoms with Gasteiger partial charge in [0.05, 0.1) is 18.4 Å². The van der Waals surface area contributed by atoms with Crippen LogP contribution >= 0.6 is 11.3 Å². The van der Waals surface area contributed by atoms with Crippen molar-refractivity contribution in [3.63, 3.8) is 0 Å². The Labute approximate surface area is 117 Å². The first-order chi connectivity index (χ1) is 9.81. The van der Waals surface area contributed by atoms with Crippen LogP contribution in [-0.2, 0) is 6.54 Å². The van der Waals surface area contributed by atoms with E-state index in [1.807, 2.05) is 29.0 Å². The third kappa shape index (κ3) is 2.05. The molecule has 0 aliphatic carbocycles. The summed E-state index contributed by atoms with van der Waals surface area (Å²) in [5.41, 5.74) is 1.14. The van der Waals surface area contributed by atoms with E-state index >= 15 is 0 Å². The number of rotatable bonds is 3. The zero-order chi connectivity index (χ0) is 13.9. The predicted octanol–water partition coefficient (Wildman–Crippen LogP) is 1.79. The van der Waals surface area contributed by atoms with E-state index < -0.39 is 0 Å². The average Bonchev–Trinajstić information content (AvgIpc) is 3.19. The van der Waals surface area contributed by atoms with Crippen molar-refractivity contribution in [3.8, 4) is 23.6 Å². The number of nitriles is 2. The lowest BCUT2D eigenvalue weighted by molar-refractivity contribution is 0.420. The Morgan fingerprint density at radius 2 is 2.25 bits per heavy atom. The summed E-state index contributed by atoms with van der Waals surface area (Å²) in [6.07, 6.45) is 1.41. The molecule has 0 bridgehead atoms. The number of imidazole rings is 1. The zero-order valence-corrected chi connectivity index (χ0v) is 10.8. The highest BCUT2D eigenvalue weighted by Gasteiger charge is 2.14. The smallest absolute Gasteiger partial charge is 0.258 e. The maximum absolute atomic E-state index is 9.03. The molecule has 3 aromatic heterocycles. The Morgan fingerprint density at radius 3 is 2.95 bits per heavy atom. The Hall–Kier alpha value is -2.97. The van der Waals surface area contributed by atoms with Gasteiger partial charge in [0.25, 0.3) is 5.89 Å². The number of hydrogen-bond acceptors (Lipinski definition) is 7. The molecule has 3 rings (SSSR count). The second kappa shape index (κ2) is 4.96. The first-order valence-corrected chi connectivity index (χ1v) is 6.46. The molecule has 0 aliphatic heterocycles. The van der Waals surface area contributed by atoms with E-state index in [-0.39, 0.29) is 17.9 Å². The molecule has 0 radical (unpaired) electrons. The van der Waals surface area contributed by atoms with Crippen molar-refractivity contribution in [1.29, 1.82) is 10.5 Å². The summed E-state index contributed by atoms with van der Waals surface area (Å²) in [7, 11) is 0. The van der Waals surface area contributed by atoms with Gasteiger partial charge in [0, 0.05) is 5.38 Å². The first-order valence-electron chi connectivity index (χ1n) is 5.52. The monoisotopic (exact) mass is 282 g/mol. The van der Waals surface area contributed by atoms with Crippen molar-refractivity contribution in [2.45, 2.75) is 6.54 Å². The third-order valence-electron chi connectivity index (χ3n) is 2.60. The van der Waals surface area contributed by atoms with Gasteiger partial charge in [-0.2, -0.15) is 26.8 Å². The molecule has 96 valence electrons. The van der Waals surface area contributed by atoms with Crippen LogP contribution in [0, 0.1) is 22.7 Å². The molecule has 8 heteroatoms. The minimum absolute atomic E-state index is 0.0917. The van der Waals surface area contributed by atoms with Gasteiger partial charge in [-0.3, -0.25) is 0 Å². The summed E-state index contributed by atoms with van der Waals surface area (Å²) in [6, 6.07) is 5.69. The van der Waals surface area contributed by atoms with E-state index in [2.05, 4.69) is 15.1 Å². The minimum Gasteiger partial charge on any atom is -0.334 e. The van der Waals surface area contributed by atoms with Gasteiger partial charge in [0.1, 0.15) is 12.1 Å². The fraction of sp³-hybridized carbons (Fsp3) is 0.0833. The fourth-order valence-electron chi connectivity index (χ4n) is 1.68. The van der Waals surface area contributed by atoms with E-state index in [0.29, 0.717) is 11.7 Å². The van der Waals surface area contributed by atoms with Gasteiger partial charge < -0.3 is 9.09 Å². The van der Waals surface area contributed by atoms with Crippen LogP contribution in [0.2, 0.25) is 0 Å². The van der Waals surface area contributed by atoms with Gasteiger partial charge >= 0.3 is 0 Å². The molecule has 0 unspecified atom stereocenters. The van der Waals surface area contributed by atoms with Crippen LogP contribution in [-0.4, -0.2) is 19.7 Å². The van der Waals surface area contributed by atoms with Gasteiger partial charge in [-0.25, -0.2) is 4.98 Å². The van der Waals surface area contributed by atoms with Crippen LogP contribution < -0.4 is 0 Å². The lowest BCUT2D eigenvalue weighted by atomic mass is 10.3. The predicted molar refractivity (Wildman–Crippen MR) is 68.4 cm³/mol. The van der Waals surface area contributed by atoms with Crippen LogP contribution in [0.15, 0.2) is 27.7 Å². The molecule has 20 heavy (non-hydrogen) atoms. The van der Waals surface area contributed by atoms with Gasteiger partial charge in [0.15, 0.2) is 17.2 Å². The highest BCUT2D eigenvalue weighted by atomic mass is 32.1. The third-order valence-corrected chi connectivity index (χ3v) is 3.28. The van der Waals surface area contributed by atoms with Crippen LogP contribution in [0.4, 0.5) is 0 Å². The molecule has 3 heterocycles. The highest BCUT2D eigenvalue weighted by molar-refractivity contribution is 7.08. The maximum atomic E-state index is 9.03. The first kappa shape index (κ1) is 12.1. The summed E-state index contributed by atoms with van der Waals surface area (Å²) in [5.74, 6) is 0.852. The van der Waals surface area contributed by atoms with Crippen LogP contribution in [0.5, 0.6) is 0 Å². The number of nitrogens with zero attached hydrogens (tertiary/aromatic N) is 6. The zero-order valence-electron chi connectivity index (χ0n) is 10.0. The molecular weight excluding hydrogens is 276 g/mol. The van der Waals surface area contributed by atoms with E-state index in [0.717, 1.165) is 5.56 Å². The molecule has 0 spiro atoms. The van der Waals surface area contributed by atoms with Crippen molar-refractivity contribution in [3.05, 3.63) is 40.4 Å². The van der Waals surface area contributed by atoms with E-state index in [9.17, 15) is 0 Å². The molecule has 0 aliphatic rings.